The summed E-state index contributed by atoms with van der Waals surface area (Å²) in [6.07, 6.45) is 0. The molecule has 0 fully saturated rings. The van der Waals surface area contributed by atoms with Gasteiger partial charge in [-0.05, 0) is 59.7 Å². The lowest BCUT2D eigenvalue weighted by atomic mass is 10.1. The van der Waals surface area contributed by atoms with Gasteiger partial charge in [0.25, 0.3) is 0 Å². The SMILES string of the molecule is NC(=O)c1ccc(C(N)=O)cc1.Nc1ccc(-c2ccc(N)cc2)cc1. The van der Waals surface area contributed by atoms with Crippen LogP contribution < -0.4 is 22.9 Å². The molecule has 0 heterocycles. The van der Waals surface area contributed by atoms with E-state index >= 15 is 0 Å². The molecule has 8 N–H and O–H groups in total. The molecular formula is C20H20N4O2. The number of primary amides is 2. The highest BCUT2D eigenvalue weighted by Crippen LogP contribution is 2.21. The number of amides is 2. The smallest absolute Gasteiger partial charge is 0.248 e. The zero-order valence-electron chi connectivity index (χ0n) is 14.1. The number of carbonyl (C=O) groups excluding carboxylic acids is 2. The highest BCUT2D eigenvalue weighted by Gasteiger charge is 2.02. The van der Waals surface area contributed by atoms with Crippen molar-refractivity contribution >= 4 is 23.2 Å². The Bertz CT molecular complexity index is 810. The number of anilines is 2. The minimum Gasteiger partial charge on any atom is -0.399 e. The van der Waals surface area contributed by atoms with E-state index in [1.54, 1.807) is 0 Å². The van der Waals surface area contributed by atoms with Crippen molar-refractivity contribution in [1.82, 2.24) is 0 Å². The van der Waals surface area contributed by atoms with Crippen LogP contribution in [-0.4, -0.2) is 11.8 Å². The predicted octanol–water partition coefficient (Wildman–Crippen LogP) is 2.40. The van der Waals surface area contributed by atoms with E-state index in [4.69, 9.17) is 22.9 Å². The van der Waals surface area contributed by atoms with Crippen LogP contribution in [0.25, 0.3) is 11.1 Å². The first-order valence-electron chi connectivity index (χ1n) is 7.78. The van der Waals surface area contributed by atoms with Crippen LogP contribution in [0.1, 0.15) is 20.7 Å². The highest BCUT2D eigenvalue weighted by molar-refractivity contribution is 5.96. The molecule has 3 aromatic rings. The molecule has 6 nitrogen and oxygen atoms in total. The van der Waals surface area contributed by atoms with Crippen molar-refractivity contribution in [1.29, 1.82) is 0 Å². The molecule has 26 heavy (non-hydrogen) atoms. The third-order valence-electron chi connectivity index (χ3n) is 3.61. The summed E-state index contributed by atoms with van der Waals surface area (Å²) in [7, 11) is 0. The average molecular weight is 348 g/mol. The summed E-state index contributed by atoms with van der Waals surface area (Å²) in [5, 5.41) is 0. The standard InChI is InChI=1S/C12H12N2.C8H8N2O2/c13-11-5-1-9(2-6-11)10-3-7-12(14)8-4-10;9-7(11)5-1-2-6(4-3-5)8(10)12/h1-8H,13-14H2;1-4H,(H2,9,11)(H2,10,12). The third kappa shape index (κ3) is 5.10. The number of rotatable bonds is 3. The fraction of sp³-hybridized carbons (Fsp3) is 0. The van der Waals surface area contributed by atoms with Crippen LogP contribution in [0.15, 0.2) is 72.8 Å². The van der Waals surface area contributed by atoms with Crippen LogP contribution >= 0.6 is 0 Å². The summed E-state index contributed by atoms with van der Waals surface area (Å²) in [6.45, 7) is 0. The van der Waals surface area contributed by atoms with Crippen molar-refractivity contribution < 1.29 is 9.59 Å². The second-order valence-corrected chi connectivity index (χ2v) is 5.55. The Balaban J connectivity index is 0.000000190. The van der Waals surface area contributed by atoms with Gasteiger partial charge in [0, 0.05) is 22.5 Å². The molecule has 0 saturated heterocycles. The normalized spacial score (nSPS) is 9.69. The predicted molar refractivity (Wildman–Crippen MR) is 104 cm³/mol. The van der Waals surface area contributed by atoms with Crippen molar-refractivity contribution in [2.75, 3.05) is 11.5 Å². The Morgan fingerprint density at radius 2 is 0.769 bits per heavy atom. The molecule has 0 radical (unpaired) electrons. The zero-order valence-corrected chi connectivity index (χ0v) is 14.1. The van der Waals surface area contributed by atoms with Crippen LogP contribution in [-0.2, 0) is 0 Å². The molecule has 3 rings (SSSR count). The molecule has 0 aliphatic carbocycles. The van der Waals surface area contributed by atoms with E-state index in [9.17, 15) is 9.59 Å². The van der Waals surface area contributed by atoms with Gasteiger partial charge in [-0.15, -0.1) is 0 Å². The number of nitrogens with two attached hydrogens (primary N) is 4. The van der Waals surface area contributed by atoms with E-state index in [1.165, 1.54) is 24.3 Å². The first kappa shape index (κ1) is 18.5. The lowest BCUT2D eigenvalue weighted by molar-refractivity contribution is 0.0988. The molecule has 3 aromatic carbocycles. The van der Waals surface area contributed by atoms with Crippen molar-refractivity contribution in [3.05, 3.63) is 83.9 Å². The molecule has 2 amide bonds. The van der Waals surface area contributed by atoms with Gasteiger partial charge >= 0.3 is 0 Å². The second-order valence-electron chi connectivity index (χ2n) is 5.55. The summed E-state index contributed by atoms with van der Waals surface area (Å²) in [5.74, 6) is -1.04. The maximum absolute atomic E-state index is 10.6. The van der Waals surface area contributed by atoms with Crippen LogP contribution in [0.5, 0.6) is 0 Å². The van der Waals surface area contributed by atoms with Crippen LogP contribution in [0.2, 0.25) is 0 Å². The van der Waals surface area contributed by atoms with Gasteiger partial charge in [-0.25, -0.2) is 0 Å². The summed E-state index contributed by atoms with van der Waals surface area (Å²) < 4.78 is 0. The van der Waals surface area contributed by atoms with Crippen molar-refractivity contribution in [3.8, 4) is 11.1 Å². The van der Waals surface area contributed by atoms with Gasteiger partial charge in [-0.3, -0.25) is 9.59 Å². The minimum atomic E-state index is -0.522. The summed E-state index contributed by atoms with van der Waals surface area (Å²) in [4.78, 5) is 21.2. The van der Waals surface area contributed by atoms with E-state index in [2.05, 4.69) is 0 Å². The molecule has 0 bridgehead atoms. The van der Waals surface area contributed by atoms with Gasteiger partial charge in [0.05, 0.1) is 0 Å². The molecule has 0 aliphatic heterocycles. The summed E-state index contributed by atoms with van der Waals surface area (Å²) in [5.41, 5.74) is 25.8. The van der Waals surface area contributed by atoms with Gasteiger partial charge < -0.3 is 22.9 Å². The fourth-order valence-electron chi connectivity index (χ4n) is 2.15. The molecule has 0 aromatic heterocycles. The van der Waals surface area contributed by atoms with Gasteiger partial charge in [-0.1, -0.05) is 24.3 Å². The van der Waals surface area contributed by atoms with Crippen LogP contribution in [0.4, 0.5) is 11.4 Å². The molecule has 0 atom stereocenters. The van der Waals surface area contributed by atoms with Gasteiger partial charge in [0.1, 0.15) is 0 Å². The molecule has 0 spiro atoms. The summed E-state index contributed by atoms with van der Waals surface area (Å²) in [6, 6.07) is 21.4. The van der Waals surface area contributed by atoms with Crippen molar-refractivity contribution in [2.45, 2.75) is 0 Å². The fourth-order valence-corrected chi connectivity index (χ4v) is 2.15. The Labute approximate surface area is 151 Å². The van der Waals surface area contributed by atoms with Crippen LogP contribution in [0, 0.1) is 0 Å². The highest BCUT2D eigenvalue weighted by atomic mass is 16.1. The Hall–Kier alpha value is -3.80. The third-order valence-corrected chi connectivity index (χ3v) is 3.61. The Morgan fingerprint density at radius 1 is 0.500 bits per heavy atom. The molecule has 0 aliphatic rings. The number of carbonyl (C=O) groups is 2. The number of nitrogen functional groups attached to an aromatic ring is 2. The molecule has 132 valence electrons. The van der Waals surface area contributed by atoms with E-state index in [1.807, 2.05) is 48.5 Å². The first-order valence-corrected chi connectivity index (χ1v) is 7.78. The molecule has 0 saturated carbocycles. The Morgan fingerprint density at radius 3 is 1.00 bits per heavy atom. The maximum Gasteiger partial charge on any atom is 0.248 e. The van der Waals surface area contributed by atoms with Gasteiger partial charge in [-0.2, -0.15) is 0 Å². The molecular weight excluding hydrogens is 328 g/mol. The van der Waals surface area contributed by atoms with Crippen molar-refractivity contribution in [3.63, 3.8) is 0 Å². The van der Waals surface area contributed by atoms with E-state index in [-0.39, 0.29) is 0 Å². The monoisotopic (exact) mass is 348 g/mol. The minimum absolute atomic E-state index is 0.361. The average Bonchev–Trinajstić information content (AvgIpc) is 2.64. The van der Waals surface area contributed by atoms with E-state index in [0.29, 0.717) is 11.1 Å². The lowest BCUT2D eigenvalue weighted by Crippen LogP contribution is -2.13. The van der Waals surface area contributed by atoms with Crippen molar-refractivity contribution in [2.24, 2.45) is 11.5 Å². The number of benzene rings is 3. The largest absolute Gasteiger partial charge is 0.399 e. The van der Waals surface area contributed by atoms with E-state index < -0.39 is 11.8 Å². The molecule has 0 unspecified atom stereocenters. The first-order chi connectivity index (χ1) is 12.4. The molecule has 6 heteroatoms. The van der Waals surface area contributed by atoms with E-state index in [0.717, 1.165) is 22.5 Å². The summed E-state index contributed by atoms with van der Waals surface area (Å²) >= 11 is 0. The topological polar surface area (TPSA) is 138 Å². The maximum atomic E-state index is 10.6. The van der Waals surface area contributed by atoms with Gasteiger partial charge in [0.15, 0.2) is 0 Å². The second kappa shape index (κ2) is 8.34. The van der Waals surface area contributed by atoms with Gasteiger partial charge in [0.2, 0.25) is 11.8 Å². The lowest BCUT2D eigenvalue weighted by Gasteiger charge is -2.02. The quantitative estimate of drug-likeness (QED) is 0.540. The number of hydrogen-bond donors (Lipinski definition) is 4. The van der Waals surface area contributed by atoms with Crippen LogP contribution in [0.3, 0.4) is 0 Å². The Kier molecular flexibility index (Phi) is 5.95. The number of hydrogen-bond acceptors (Lipinski definition) is 4. The zero-order chi connectivity index (χ0) is 19.1.